The molecule has 0 saturated carbocycles. The van der Waals surface area contributed by atoms with Gasteiger partial charge in [-0.25, -0.2) is 14.4 Å². The normalized spacial score (nSPS) is 14.7. The Kier molecular flexibility index (Phi) is 8.28. The number of aromatic nitrogens is 5. The van der Waals surface area contributed by atoms with E-state index in [1.54, 1.807) is 36.5 Å². The van der Waals surface area contributed by atoms with Crippen LogP contribution in [0, 0.1) is 5.82 Å². The molecule has 2 amide bonds. The van der Waals surface area contributed by atoms with Gasteiger partial charge < -0.3 is 15.7 Å². The lowest BCUT2D eigenvalue weighted by Crippen LogP contribution is -2.50. The second kappa shape index (κ2) is 12.0. The number of pyridine rings is 2. The lowest BCUT2D eigenvalue weighted by atomic mass is 10.0. The number of halogens is 1. The zero-order valence-corrected chi connectivity index (χ0v) is 20.4. The third kappa shape index (κ3) is 5.32. The van der Waals surface area contributed by atoms with Crippen molar-refractivity contribution in [3.8, 4) is 5.69 Å². The molecule has 4 aromatic rings. The van der Waals surface area contributed by atoms with Crippen LogP contribution in [0.15, 0.2) is 54.9 Å². The van der Waals surface area contributed by atoms with Crippen molar-refractivity contribution < 1.29 is 23.9 Å². The van der Waals surface area contributed by atoms with Crippen molar-refractivity contribution >= 4 is 35.3 Å². The fourth-order valence-electron chi connectivity index (χ4n) is 4.27. The van der Waals surface area contributed by atoms with Crippen LogP contribution in [0.25, 0.3) is 16.9 Å². The first kappa shape index (κ1) is 26.3. The lowest BCUT2D eigenvalue weighted by Gasteiger charge is -2.35. The highest BCUT2D eigenvalue weighted by atomic mass is 19.1. The predicted molar refractivity (Wildman–Crippen MR) is 136 cm³/mol. The molecule has 1 atom stereocenters. The van der Waals surface area contributed by atoms with E-state index in [0.717, 1.165) is 13.0 Å². The maximum atomic E-state index is 15.4. The van der Waals surface area contributed by atoms with Crippen LogP contribution in [-0.2, 0) is 4.79 Å². The summed E-state index contributed by atoms with van der Waals surface area (Å²) in [6, 6.07) is 10.7. The quantitative estimate of drug-likeness (QED) is 0.334. The third-order valence-electron chi connectivity index (χ3n) is 5.98. The van der Waals surface area contributed by atoms with E-state index >= 15 is 4.39 Å². The van der Waals surface area contributed by atoms with Gasteiger partial charge in [0.05, 0.1) is 22.9 Å². The average molecular weight is 521 g/mol. The lowest BCUT2D eigenvalue weighted by molar-refractivity contribution is -0.122. The van der Waals surface area contributed by atoms with E-state index in [1.165, 1.54) is 35.0 Å². The summed E-state index contributed by atoms with van der Waals surface area (Å²) < 4.78 is 16.8. The molecule has 0 bridgehead atoms. The number of fused-ring (bicyclic) bond motifs is 1. The van der Waals surface area contributed by atoms with Crippen LogP contribution in [0.3, 0.4) is 0 Å². The molecule has 38 heavy (non-hydrogen) atoms. The number of carboxylic acid groups (broad SMARTS) is 1. The smallest absolute Gasteiger partial charge is 0.290 e. The van der Waals surface area contributed by atoms with Crippen LogP contribution < -0.4 is 15.5 Å². The molecule has 3 aromatic heterocycles. The van der Waals surface area contributed by atoms with Crippen molar-refractivity contribution in [3.63, 3.8) is 0 Å². The number of anilines is 1. The molecule has 12 nitrogen and oxygen atoms in total. The molecule has 0 aliphatic carbocycles. The Labute approximate surface area is 216 Å². The van der Waals surface area contributed by atoms with Gasteiger partial charge in [-0.1, -0.05) is 5.21 Å². The first-order chi connectivity index (χ1) is 18.5. The number of rotatable bonds is 5. The molecule has 196 valence electrons. The summed E-state index contributed by atoms with van der Waals surface area (Å²) in [4.78, 5) is 44.7. The Hall–Kier alpha value is -4.78. The first-order valence-electron chi connectivity index (χ1n) is 11.8. The molecular formula is C25H25FN8O4. The second-order valence-corrected chi connectivity index (χ2v) is 8.25. The van der Waals surface area contributed by atoms with Crippen molar-refractivity contribution in [2.24, 2.45) is 0 Å². The molecule has 0 spiro atoms. The minimum Gasteiger partial charge on any atom is -0.483 e. The molecule has 1 saturated heterocycles. The number of nitrogens with one attached hydrogen (secondary N) is 2. The van der Waals surface area contributed by atoms with Gasteiger partial charge in [0.15, 0.2) is 5.65 Å². The molecule has 13 heteroatoms. The van der Waals surface area contributed by atoms with Gasteiger partial charge in [-0.05, 0) is 55.8 Å². The van der Waals surface area contributed by atoms with Gasteiger partial charge in [0, 0.05) is 32.1 Å². The van der Waals surface area contributed by atoms with Crippen molar-refractivity contribution in [2.75, 3.05) is 25.0 Å². The fourth-order valence-corrected chi connectivity index (χ4v) is 4.27. The SMILES string of the molecule is CNC(=O)c1cccnc1N(C(=O)c1ccc(-n2nnc3cccnc32)cc1F)[C@@H]1CCCNC1.O=CO. The second-order valence-electron chi connectivity index (χ2n) is 8.25. The average Bonchev–Trinajstić information content (AvgIpc) is 3.38. The number of carbonyl (C=O) groups is 3. The van der Waals surface area contributed by atoms with Gasteiger partial charge in [0.25, 0.3) is 18.3 Å². The van der Waals surface area contributed by atoms with Crippen LogP contribution in [0.4, 0.5) is 10.2 Å². The summed E-state index contributed by atoms with van der Waals surface area (Å²) in [5.74, 6) is -1.48. The topological polar surface area (TPSA) is 155 Å². The molecule has 1 aromatic carbocycles. The Balaban J connectivity index is 0.00000107. The highest BCUT2D eigenvalue weighted by molar-refractivity contribution is 6.10. The number of hydrogen-bond donors (Lipinski definition) is 3. The van der Waals surface area contributed by atoms with Crippen LogP contribution >= 0.6 is 0 Å². The maximum Gasteiger partial charge on any atom is 0.290 e. The Bertz CT molecular complexity index is 1450. The summed E-state index contributed by atoms with van der Waals surface area (Å²) in [5.41, 5.74) is 1.54. The number of hydrogen-bond acceptors (Lipinski definition) is 8. The Morgan fingerprint density at radius 1 is 1.18 bits per heavy atom. The Morgan fingerprint density at radius 3 is 2.66 bits per heavy atom. The van der Waals surface area contributed by atoms with Gasteiger partial charge >= 0.3 is 0 Å². The molecule has 1 aliphatic rings. The maximum absolute atomic E-state index is 15.4. The molecule has 5 rings (SSSR count). The zero-order valence-electron chi connectivity index (χ0n) is 20.4. The summed E-state index contributed by atoms with van der Waals surface area (Å²) in [7, 11) is 1.51. The molecule has 3 N–H and O–H groups in total. The first-order valence-corrected chi connectivity index (χ1v) is 11.8. The van der Waals surface area contributed by atoms with Gasteiger partial charge in [0.1, 0.15) is 17.2 Å². The van der Waals surface area contributed by atoms with E-state index in [0.29, 0.717) is 29.8 Å². The minimum atomic E-state index is -0.724. The summed E-state index contributed by atoms with van der Waals surface area (Å²) in [6.07, 6.45) is 4.65. The van der Waals surface area contributed by atoms with Gasteiger partial charge in [-0.15, -0.1) is 5.10 Å². The summed E-state index contributed by atoms with van der Waals surface area (Å²) in [5, 5.41) is 20.8. The molecule has 4 heterocycles. The number of nitrogens with zero attached hydrogens (tertiary/aromatic N) is 6. The monoisotopic (exact) mass is 520 g/mol. The van der Waals surface area contributed by atoms with Gasteiger partial charge in [-0.3, -0.25) is 19.3 Å². The summed E-state index contributed by atoms with van der Waals surface area (Å²) >= 11 is 0. The number of piperidine rings is 1. The predicted octanol–water partition coefficient (Wildman–Crippen LogP) is 1.81. The molecule has 0 radical (unpaired) electrons. The van der Waals surface area contributed by atoms with E-state index in [9.17, 15) is 9.59 Å². The summed E-state index contributed by atoms with van der Waals surface area (Å²) in [6.45, 7) is 1.08. The zero-order chi connectivity index (χ0) is 27.1. The van der Waals surface area contributed by atoms with Gasteiger partial charge in [0.2, 0.25) is 0 Å². The largest absolute Gasteiger partial charge is 0.483 e. The Morgan fingerprint density at radius 2 is 1.95 bits per heavy atom. The van der Waals surface area contributed by atoms with E-state index in [2.05, 4.69) is 30.9 Å². The van der Waals surface area contributed by atoms with Crippen molar-refractivity contribution in [2.45, 2.75) is 18.9 Å². The van der Waals surface area contributed by atoms with E-state index in [-0.39, 0.29) is 35.4 Å². The van der Waals surface area contributed by atoms with Crippen LogP contribution in [0.1, 0.15) is 33.6 Å². The molecule has 0 unspecified atom stereocenters. The van der Waals surface area contributed by atoms with Crippen LogP contribution in [-0.4, -0.2) is 74.5 Å². The van der Waals surface area contributed by atoms with Crippen molar-refractivity contribution in [3.05, 3.63) is 71.8 Å². The van der Waals surface area contributed by atoms with Crippen LogP contribution in [0.2, 0.25) is 0 Å². The number of amides is 2. The number of carbonyl (C=O) groups excluding carboxylic acids is 2. The van der Waals surface area contributed by atoms with Gasteiger partial charge in [-0.2, -0.15) is 4.68 Å². The van der Waals surface area contributed by atoms with Crippen molar-refractivity contribution in [1.82, 2.24) is 35.6 Å². The standard InChI is InChI=1S/C24H23FN8O2.CH2O2/c1-26-23(34)18-6-3-11-28-21(18)32(16-5-2-10-27-14-16)24(35)17-9-8-15(13-19(17)25)33-22-20(30-31-33)7-4-12-29-22;2-1-3/h3-4,6-9,11-13,16,27H,2,5,10,14H2,1H3,(H,26,34);1H,(H,2,3)/t16-;/m1./s1. The molecule has 1 aliphatic heterocycles. The van der Waals surface area contributed by atoms with E-state index in [1.807, 2.05) is 0 Å². The van der Waals surface area contributed by atoms with Crippen LogP contribution in [0.5, 0.6) is 0 Å². The highest BCUT2D eigenvalue weighted by Crippen LogP contribution is 2.27. The van der Waals surface area contributed by atoms with Crippen molar-refractivity contribution in [1.29, 1.82) is 0 Å². The third-order valence-corrected chi connectivity index (χ3v) is 5.98. The number of benzene rings is 1. The minimum absolute atomic E-state index is 0.134. The molecule has 1 fully saturated rings. The molecular weight excluding hydrogens is 495 g/mol. The van der Waals surface area contributed by atoms with E-state index < -0.39 is 11.7 Å². The highest BCUT2D eigenvalue weighted by Gasteiger charge is 2.33. The fraction of sp³-hybridized carbons (Fsp3) is 0.240. The van der Waals surface area contributed by atoms with E-state index in [4.69, 9.17) is 9.90 Å².